The largest absolute Gasteiger partial charge is 0.324 e. The van der Waals surface area contributed by atoms with E-state index in [1.807, 2.05) is 18.5 Å². The van der Waals surface area contributed by atoms with E-state index in [1.165, 1.54) is 0 Å². The molecule has 2 aromatic rings. The van der Waals surface area contributed by atoms with E-state index < -0.39 is 0 Å². The highest BCUT2D eigenvalue weighted by Crippen LogP contribution is 2.16. The molecule has 19 heavy (non-hydrogen) atoms. The van der Waals surface area contributed by atoms with Gasteiger partial charge in [0.1, 0.15) is 0 Å². The van der Waals surface area contributed by atoms with Crippen molar-refractivity contribution in [1.82, 2.24) is 15.3 Å². The number of aliphatic imine (C=N–C) groups is 1. The van der Waals surface area contributed by atoms with Gasteiger partial charge in [0.15, 0.2) is 5.82 Å². The van der Waals surface area contributed by atoms with Gasteiger partial charge in [-0.2, -0.15) is 10.1 Å². The first-order chi connectivity index (χ1) is 9.22. The summed E-state index contributed by atoms with van der Waals surface area (Å²) in [4.78, 5) is 4.23. The Balaban J connectivity index is 2.20. The predicted molar refractivity (Wildman–Crippen MR) is 75.0 cm³/mol. The minimum absolute atomic E-state index is 0.192. The minimum Gasteiger partial charge on any atom is -0.324 e. The van der Waals surface area contributed by atoms with Gasteiger partial charge in [-0.25, -0.2) is 10.2 Å². The monoisotopic (exact) mass is 279 g/mol. The number of halogens is 1. The average Bonchev–Trinajstić information content (AvgIpc) is 2.85. The third-order valence-corrected chi connectivity index (χ3v) is 2.65. The molecule has 0 aliphatic carbocycles. The topological polar surface area (TPSA) is 74.5 Å². The van der Waals surface area contributed by atoms with Crippen LogP contribution in [0, 0.1) is 0 Å². The second kappa shape index (κ2) is 6.21. The summed E-state index contributed by atoms with van der Waals surface area (Å²) in [6, 6.07) is 8.86. The van der Waals surface area contributed by atoms with Crippen LogP contribution in [-0.4, -0.2) is 20.9 Å². The smallest absolute Gasteiger partial charge is 0.226 e. The fourth-order valence-electron chi connectivity index (χ4n) is 1.56. The van der Waals surface area contributed by atoms with Gasteiger partial charge < -0.3 is 5.32 Å². The molecule has 0 aliphatic rings. The number of aryl methyl sites for hydroxylation is 1. The SMILES string of the molecule is CCn1nccc1/N=C(\NO)Nc1cccc(Cl)c1. The lowest BCUT2D eigenvalue weighted by molar-refractivity contribution is 0.234. The third-order valence-electron chi connectivity index (χ3n) is 2.41. The average molecular weight is 280 g/mol. The van der Waals surface area contributed by atoms with Crippen molar-refractivity contribution in [3.8, 4) is 0 Å². The molecule has 0 saturated heterocycles. The van der Waals surface area contributed by atoms with E-state index in [-0.39, 0.29) is 5.96 Å². The lowest BCUT2D eigenvalue weighted by Gasteiger charge is -2.09. The zero-order chi connectivity index (χ0) is 13.7. The predicted octanol–water partition coefficient (Wildman–Crippen LogP) is 2.63. The number of guanidine groups is 1. The summed E-state index contributed by atoms with van der Waals surface area (Å²) in [5.41, 5.74) is 2.73. The van der Waals surface area contributed by atoms with Crippen LogP contribution in [0.2, 0.25) is 5.02 Å². The summed E-state index contributed by atoms with van der Waals surface area (Å²) in [5, 5.41) is 16.7. The summed E-state index contributed by atoms with van der Waals surface area (Å²) < 4.78 is 1.71. The maximum absolute atomic E-state index is 9.11. The molecule has 1 heterocycles. The molecule has 0 unspecified atom stereocenters. The molecule has 0 amide bonds. The van der Waals surface area contributed by atoms with Crippen LogP contribution in [0.15, 0.2) is 41.5 Å². The Bertz CT molecular complexity index is 581. The van der Waals surface area contributed by atoms with E-state index in [0.29, 0.717) is 17.4 Å². The molecule has 6 nitrogen and oxygen atoms in total. The van der Waals surface area contributed by atoms with Gasteiger partial charge in [0.05, 0.1) is 6.20 Å². The van der Waals surface area contributed by atoms with Crippen LogP contribution in [0.25, 0.3) is 0 Å². The fraction of sp³-hybridized carbons (Fsp3) is 0.167. The van der Waals surface area contributed by atoms with E-state index in [9.17, 15) is 0 Å². The second-order valence-corrected chi connectivity index (χ2v) is 4.15. The van der Waals surface area contributed by atoms with Crippen LogP contribution >= 0.6 is 11.6 Å². The van der Waals surface area contributed by atoms with E-state index in [2.05, 4.69) is 15.4 Å². The van der Waals surface area contributed by atoms with Crippen molar-refractivity contribution >= 4 is 29.1 Å². The number of nitrogens with zero attached hydrogens (tertiary/aromatic N) is 3. The van der Waals surface area contributed by atoms with Crippen LogP contribution in [0.3, 0.4) is 0 Å². The molecule has 3 N–H and O–H groups in total. The van der Waals surface area contributed by atoms with Gasteiger partial charge >= 0.3 is 0 Å². The summed E-state index contributed by atoms with van der Waals surface area (Å²) in [6.45, 7) is 2.66. The standard InChI is InChI=1S/C12H14ClN5O/c1-2-18-11(6-7-14-18)16-12(17-19)15-10-5-3-4-9(13)8-10/h3-8,19H,2H2,1H3,(H2,15,16,17). The van der Waals surface area contributed by atoms with Gasteiger partial charge in [-0.15, -0.1) is 0 Å². The molecular formula is C12H14ClN5O. The number of hydrogen-bond donors (Lipinski definition) is 3. The Morgan fingerprint density at radius 2 is 2.32 bits per heavy atom. The molecule has 2 rings (SSSR count). The van der Waals surface area contributed by atoms with E-state index in [4.69, 9.17) is 16.8 Å². The number of benzene rings is 1. The Kier molecular flexibility index (Phi) is 4.38. The Morgan fingerprint density at radius 1 is 1.47 bits per heavy atom. The number of aromatic nitrogens is 2. The Morgan fingerprint density at radius 3 is 3.00 bits per heavy atom. The van der Waals surface area contributed by atoms with E-state index in [1.54, 1.807) is 35.1 Å². The molecule has 0 saturated carbocycles. The maximum Gasteiger partial charge on any atom is 0.226 e. The normalized spacial score (nSPS) is 11.4. The molecule has 0 bridgehead atoms. The molecule has 100 valence electrons. The van der Waals surface area contributed by atoms with Crippen molar-refractivity contribution < 1.29 is 5.21 Å². The number of nitrogens with one attached hydrogen (secondary N) is 2. The zero-order valence-electron chi connectivity index (χ0n) is 10.3. The maximum atomic E-state index is 9.11. The molecule has 0 aliphatic heterocycles. The van der Waals surface area contributed by atoms with Crippen LogP contribution in [0.5, 0.6) is 0 Å². The number of anilines is 1. The van der Waals surface area contributed by atoms with Gasteiger partial charge in [0.2, 0.25) is 5.96 Å². The quantitative estimate of drug-likeness (QED) is 0.459. The molecule has 1 aromatic carbocycles. The van der Waals surface area contributed by atoms with Gasteiger partial charge in [-0.1, -0.05) is 17.7 Å². The molecular weight excluding hydrogens is 266 g/mol. The van der Waals surface area contributed by atoms with Crippen molar-refractivity contribution in [1.29, 1.82) is 0 Å². The lowest BCUT2D eigenvalue weighted by Crippen LogP contribution is -2.27. The third kappa shape index (κ3) is 3.46. The highest BCUT2D eigenvalue weighted by Gasteiger charge is 2.03. The first-order valence-electron chi connectivity index (χ1n) is 5.76. The highest BCUT2D eigenvalue weighted by atomic mass is 35.5. The minimum atomic E-state index is 0.192. The Hall–Kier alpha value is -2.05. The molecule has 7 heteroatoms. The summed E-state index contributed by atoms with van der Waals surface area (Å²) in [6.07, 6.45) is 1.65. The number of hydroxylamine groups is 1. The van der Waals surface area contributed by atoms with Gasteiger partial charge in [0.25, 0.3) is 0 Å². The lowest BCUT2D eigenvalue weighted by atomic mass is 10.3. The van der Waals surface area contributed by atoms with Gasteiger partial charge in [-0.05, 0) is 25.1 Å². The number of rotatable bonds is 3. The van der Waals surface area contributed by atoms with Crippen molar-refractivity contribution in [2.24, 2.45) is 4.99 Å². The molecule has 0 spiro atoms. The van der Waals surface area contributed by atoms with Crippen molar-refractivity contribution in [3.05, 3.63) is 41.6 Å². The van der Waals surface area contributed by atoms with Crippen molar-refractivity contribution in [2.45, 2.75) is 13.5 Å². The van der Waals surface area contributed by atoms with Crippen molar-refractivity contribution in [2.75, 3.05) is 5.32 Å². The molecule has 0 radical (unpaired) electrons. The molecule has 0 fully saturated rings. The van der Waals surface area contributed by atoms with E-state index in [0.717, 1.165) is 5.69 Å². The summed E-state index contributed by atoms with van der Waals surface area (Å²) in [5.74, 6) is 0.825. The number of hydrogen-bond acceptors (Lipinski definition) is 3. The first kappa shape index (κ1) is 13.4. The van der Waals surface area contributed by atoms with Crippen LogP contribution in [0.4, 0.5) is 11.5 Å². The summed E-state index contributed by atoms with van der Waals surface area (Å²) in [7, 11) is 0. The zero-order valence-corrected chi connectivity index (χ0v) is 11.1. The highest BCUT2D eigenvalue weighted by molar-refractivity contribution is 6.30. The van der Waals surface area contributed by atoms with Gasteiger partial charge in [0, 0.05) is 23.3 Å². The van der Waals surface area contributed by atoms with Crippen molar-refractivity contribution in [3.63, 3.8) is 0 Å². The second-order valence-electron chi connectivity index (χ2n) is 3.71. The van der Waals surface area contributed by atoms with Crippen LogP contribution < -0.4 is 10.8 Å². The first-order valence-corrected chi connectivity index (χ1v) is 6.14. The van der Waals surface area contributed by atoms with Crippen LogP contribution in [0.1, 0.15) is 6.92 Å². The fourth-order valence-corrected chi connectivity index (χ4v) is 1.75. The Labute approximate surface area is 115 Å². The summed E-state index contributed by atoms with van der Waals surface area (Å²) >= 11 is 5.89. The van der Waals surface area contributed by atoms with E-state index >= 15 is 0 Å². The molecule has 0 atom stereocenters. The molecule has 1 aromatic heterocycles. The van der Waals surface area contributed by atoms with Crippen LogP contribution in [-0.2, 0) is 6.54 Å². The van der Waals surface area contributed by atoms with Gasteiger partial charge in [-0.3, -0.25) is 5.21 Å².